The largest absolute Gasteiger partial charge is 0.309 e. The molecule has 3 heteroatoms. The molecule has 15 heavy (non-hydrogen) atoms. The van der Waals surface area contributed by atoms with Crippen LogP contribution in [0.15, 0.2) is 28.6 Å². The summed E-state index contributed by atoms with van der Waals surface area (Å²) in [6, 6.07) is 4.79. The Balaban J connectivity index is 2.33. The van der Waals surface area contributed by atoms with E-state index in [4.69, 9.17) is 0 Å². The summed E-state index contributed by atoms with van der Waals surface area (Å²) in [5, 5.41) is 3.54. The van der Waals surface area contributed by atoms with Gasteiger partial charge in [0.1, 0.15) is 0 Å². The first kappa shape index (κ1) is 12.9. The van der Waals surface area contributed by atoms with Gasteiger partial charge in [-0.15, -0.1) is 17.9 Å². The van der Waals surface area contributed by atoms with Gasteiger partial charge in [0.05, 0.1) is 3.79 Å². The van der Waals surface area contributed by atoms with Gasteiger partial charge in [0.15, 0.2) is 0 Å². The molecule has 0 spiro atoms. The van der Waals surface area contributed by atoms with Crippen LogP contribution in [0, 0.1) is 5.92 Å². The van der Waals surface area contributed by atoms with E-state index >= 15 is 0 Å². The molecule has 1 rings (SSSR count). The molecule has 0 bridgehead atoms. The van der Waals surface area contributed by atoms with E-state index in [0.29, 0.717) is 12.0 Å². The summed E-state index contributed by atoms with van der Waals surface area (Å²) in [6.45, 7) is 9.22. The number of rotatable bonds is 6. The lowest BCUT2D eigenvalue weighted by atomic mass is 10.00. The third-order valence-electron chi connectivity index (χ3n) is 2.62. The molecule has 0 saturated heterocycles. The molecule has 2 unspecified atom stereocenters. The van der Waals surface area contributed by atoms with Gasteiger partial charge in [0.2, 0.25) is 0 Å². The number of allylic oxidation sites excluding steroid dienone is 1. The van der Waals surface area contributed by atoms with Gasteiger partial charge in [0, 0.05) is 17.5 Å². The molecule has 1 heterocycles. The molecule has 1 aromatic heterocycles. The molecular weight excluding hydrogens is 270 g/mol. The predicted octanol–water partition coefficient (Wildman–Crippen LogP) is 4.20. The summed E-state index contributed by atoms with van der Waals surface area (Å²) in [5.41, 5.74) is 0. The van der Waals surface area contributed by atoms with Crippen molar-refractivity contribution in [2.75, 3.05) is 0 Å². The molecule has 2 atom stereocenters. The van der Waals surface area contributed by atoms with Crippen LogP contribution in [-0.2, 0) is 6.54 Å². The van der Waals surface area contributed by atoms with Gasteiger partial charge in [-0.1, -0.05) is 13.0 Å². The second kappa shape index (κ2) is 6.46. The van der Waals surface area contributed by atoms with Crippen LogP contribution in [0.2, 0.25) is 0 Å². The lowest BCUT2D eigenvalue weighted by Crippen LogP contribution is -2.31. The highest BCUT2D eigenvalue weighted by Crippen LogP contribution is 2.22. The second-order valence-corrected chi connectivity index (χ2v) is 6.42. The predicted molar refractivity (Wildman–Crippen MR) is 72.3 cm³/mol. The molecular formula is C12H18BrNS. The van der Waals surface area contributed by atoms with Crippen molar-refractivity contribution < 1.29 is 0 Å². The fraction of sp³-hybridized carbons (Fsp3) is 0.500. The molecule has 0 amide bonds. The Labute approximate surface area is 105 Å². The maximum atomic E-state index is 3.77. The van der Waals surface area contributed by atoms with Crippen LogP contribution in [0.1, 0.15) is 25.1 Å². The Morgan fingerprint density at radius 1 is 1.53 bits per heavy atom. The number of hydrogen-bond acceptors (Lipinski definition) is 2. The van der Waals surface area contributed by atoms with E-state index in [9.17, 15) is 0 Å². The van der Waals surface area contributed by atoms with Gasteiger partial charge in [-0.2, -0.15) is 0 Å². The summed E-state index contributed by atoms with van der Waals surface area (Å²) < 4.78 is 1.20. The van der Waals surface area contributed by atoms with E-state index in [1.807, 2.05) is 6.08 Å². The third kappa shape index (κ3) is 4.49. The first-order valence-corrected chi connectivity index (χ1v) is 6.83. The molecule has 0 fully saturated rings. The molecule has 1 N–H and O–H groups in total. The zero-order chi connectivity index (χ0) is 11.3. The summed E-state index contributed by atoms with van der Waals surface area (Å²) >= 11 is 5.26. The van der Waals surface area contributed by atoms with Crippen LogP contribution >= 0.6 is 27.3 Å². The molecule has 0 aliphatic rings. The van der Waals surface area contributed by atoms with Crippen molar-refractivity contribution in [3.8, 4) is 0 Å². The minimum atomic E-state index is 0.531. The highest BCUT2D eigenvalue weighted by molar-refractivity contribution is 9.11. The van der Waals surface area contributed by atoms with E-state index in [0.717, 1.165) is 13.0 Å². The zero-order valence-corrected chi connectivity index (χ0v) is 11.7. The van der Waals surface area contributed by atoms with Crippen LogP contribution in [0.25, 0.3) is 0 Å². The summed E-state index contributed by atoms with van der Waals surface area (Å²) in [4.78, 5) is 1.37. The quantitative estimate of drug-likeness (QED) is 0.774. The zero-order valence-electron chi connectivity index (χ0n) is 9.29. The van der Waals surface area contributed by atoms with Gasteiger partial charge in [-0.25, -0.2) is 0 Å². The van der Waals surface area contributed by atoms with Crippen LogP contribution in [0.5, 0.6) is 0 Å². The van der Waals surface area contributed by atoms with E-state index < -0.39 is 0 Å². The van der Waals surface area contributed by atoms with E-state index in [-0.39, 0.29) is 0 Å². The van der Waals surface area contributed by atoms with Crippen LogP contribution < -0.4 is 5.32 Å². The van der Waals surface area contributed by atoms with Crippen molar-refractivity contribution in [1.82, 2.24) is 5.32 Å². The maximum Gasteiger partial charge on any atom is 0.0701 e. The molecule has 0 aliphatic heterocycles. The Morgan fingerprint density at radius 2 is 2.27 bits per heavy atom. The van der Waals surface area contributed by atoms with Gasteiger partial charge in [0.25, 0.3) is 0 Å². The Hall–Kier alpha value is -0.120. The lowest BCUT2D eigenvalue weighted by Gasteiger charge is -2.19. The van der Waals surface area contributed by atoms with Crippen molar-refractivity contribution in [3.63, 3.8) is 0 Å². The highest BCUT2D eigenvalue weighted by Gasteiger charge is 2.10. The smallest absolute Gasteiger partial charge is 0.0701 e. The van der Waals surface area contributed by atoms with E-state index in [1.165, 1.54) is 8.66 Å². The number of hydrogen-bond donors (Lipinski definition) is 1. The fourth-order valence-electron chi connectivity index (χ4n) is 1.38. The van der Waals surface area contributed by atoms with Crippen LogP contribution in [-0.4, -0.2) is 6.04 Å². The van der Waals surface area contributed by atoms with E-state index in [2.05, 4.69) is 53.8 Å². The van der Waals surface area contributed by atoms with Gasteiger partial charge < -0.3 is 5.32 Å². The van der Waals surface area contributed by atoms with Crippen molar-refractivity contribution in [2.45, 2.75) is 32.9 Å². The van der Waals surface area contributed by atoms with Gasteiger partial charge in [-0.3, -0.25) is 0 Å². The monoisotopic (exact) mass is 287 g/mol. The maximum absolute atomic E-state index is 3.77. The van der Waals surface area contributed by atoms with Crippen LogP contribution in [0.3, 0.4) is 0 Å². The molecule has 0 saturated carbocycles. The van der Waals surface area contributed by atoms with Gasteiger partial charge in [-0.05, 0) is 47.3 Å². The average molecular weight is 288 g/mol. The minimum absolute atomic E-state index is 0.531. The molecule has 0 radical (unpaired) electrons. The second-order valence-electron chi connectivity index (χ2n) is 3.88. The topological polar surface area (TPSA) is 12.0 Å². The first-order chi connectivity index (χ1) is 7.13. The van der Waals surface area contributed by atoms with Crippen molar-refractivity contribution >= 4 is 27.3 Å². The SMILES string of the molecule is C=CCC(C)C(C)NCc1ccc(Br)s1. The van der Waals surface area contributed by atoms with Gasteiger partial charge >= 0.3 is 0 Å². The summed E-state index contributed by atoms with van der Waals surface area (Å²) in [5.74, 6) is 0.644. The lowest BCUT2D eigenvalue weighted by molar-refractivity contribution is 0.403. The average Bonchev–Trinajstić information content (AvgIpc) is 2.61. The van der Waals surface area contributed by atoms with Crippen molar-refractivity contribution in [3.05, 3.63) is 33.5 Å². The molecule has 1 nitrogen and oxygen atoms in total. The molecule has 1 aromatic rings. The standard InChI is InChI=1S/C12H18BrNS/c1-4-5-9(2)10(3)14-8-11-6-7-12(13)15-11/h4,6-7,9-10,14H,1,5,8H2,2-3H3. The van der Waals surface area contributed by atoms with E-state index in [1.54, 1.807) is 11.3 Å². The molecule has 0 aromatic carbocycles. The fourth-order valence-corrected chi connectivity index (χ4v) is 2.81. The van der Waals surface area contributed by atoms with Crippen molar-refractivity contribution in [1.29, 1.82) is 0 Å². The Morgan fingerprint density at radius 3 is 2.80 bits per heavy atom. The highest BCUT2D eigenvalue weighted by atomic mass is 79.9. The molecule has 0 aliphatic carbocycles. The Bertz CT molecular complexity index is 308. The molecule has 84 valence electrons. The minimum Gasteiger partial charge on any atom is -0.309 e. The first-order valence-electron chi connectivity index (χ1n) is 5.22. The summed E-state index contributed by atoms with van der Waals surface area (Å²) in [7, 11) is 0. The van der Waals surface area contributed by atoms with Crippen molar-refractivity contribution in [2.24, 2.45) is 5.92 Å². The third-order valence-corrected chi connectivity index (χ3v) is 4.24. The normalized spacial score (nSPS) is 14.9. The number of thiophene rings is 1. The summed E-state index contributed by atoms with van der Waals surface area (Å²) in [6.07, 6.45) is 3.06. The number of nitrogens with one attached hydrogen (secondary N) is 1. The number of halogens is 1. The van der Waals surface area contributed by atoms with Crippen LogP contribution in [0.4, 0.5) is 0 Å². The Kier molecular flexibility index (Phi) is 5.58.